The molecule has 6 heteroatoms. The molecule has 0 radical (unpaired) electrons. The minimum absolute atomic E-state index is 0.176. The molecular weight excluding hydrogens is 420 g/mol. The Morgan fingerprint density at radius 3 is 1.59 bits per heavy atom. The minimum Gasteiger partial charge on any atom is -0.341 e. The lowest BCUT2D eigenvalue weighted by atomic mass is 9.98. The second kappa shape index (κ2) is 9.49. The zero-order valence-electron chi connectivity index (χ0n) is 17.2. The van der Waals surface area contributed by atoms with Gasteiger partial charge in [0.15, 0.2) is 0 Å². The highest BCUT2D eigenvalue weighted by atomic mass is 32.2. The van der Waals surface area contributed by atoms with Gasteiger partial charge in [0.2, 0.25) is 0 Å². The molecule has 1 amide bonds. The average Bonchev–Trinajstić information content (AvgIpc) is 2.84. The van der Waals surface area contributed by atoms with Gasteiger partial charge in [-0.25, -0.2) is 8.42 Å². The van der Waals surface area contributed by atoms with E-state index in [2.05, 4.69) is 10.0 Å². The summed E-state index contributed by atoms with van der Waals surface area (Å²) in [5.41, 5.74) is 2.76. The quantitative estimate of drug-likeness (QED) is 0.423. The summed E-state index contributed by atoms with van der Waals surface area (Å²) >= 11 is 0. The Hall–Kier alpha value is -3.90. The largest absolute Gasteiger partial charge is 0.341 e. The molecule has 0 aliphatic heterocycles. The molecule has 4 rings (SSSR count). The summed E-state index contributed by atoms with van der Waals surface area (Å²) in [6.45, 7) is 0. The smallest absolute Gasteiger partial charge is 0.261 e. The number of anilines is 1. The molecule has 0 aliphatic rings. The number of nitrogens with one attached hydrogen (secondary N) is 2. The van der Waals surface area contributed by atoms with Gasteiger partial charge in [0.25, 0.3) is 15.9 Å². The van der Waals surface area contributed by atoms with Crippen molar-refractivity contribution in [3.63, 3.8) is 0 Å². The average molecular weight is 443 g/mol. The van der Waals surface area contributed by atoms with Gasteiger partial charge in [-0.15, -0.1) is 0 Å². The van der Waals surface area contributed by atoms with Crippen LogP contribution in [0.5, 0.6) is 0 Å². The first kappa shape index (κ1) is 21.3. The van der Waals surface area contributed by atoms with E-state index in [1.54, 1.807) is 42.5 Å². The fourth-order valence-corrected chi connectivity index (χ4v) is 4.45. The molecule has 5 nitrogen and oxygen atoms in total. The van der Waals surface area contributed by atoms with Gasteiger partial charge >= 0.3 is 0 Å². The van der Waals surface area contributed by atoms with Crippen molar-refractivity contribution < 1.29 is 13.2 Å². The first-order chi connectivity index (χ1) is 15.5. The molecule has 0 spiro atoms. The van der Waals surface area contributed by atoms with Gasteiger partial charge in [0.1, 0.15) is 0 Å². The Kier molecular flexibility index (Phi) is 6.33. The number of hydrogen-bond acceptors (Lipinski definition) is 3. The van der Waals surface area contributed by atoms with Crippen LogP contribution in [-0.2, 0) is 10.0 Å². The van der Waals surface area contributed by atoms with E-state index in [0.717, 1.165) is 11.1 Å². The van der Waals surface area contributed by atoms with Crippen LogP contribution in [0.3, 0.4) is 0 Å². The van der Waals surface area contributed by atoms with E-state index in [1.807, 2.05) is 60.7 Å². The number of benzene rings is 4. The molecule has 0 saturated carbocycles. The Morgan fingerprint density at radius 2 is 1.09 bits per heavy atom. The first-order valence-corrected chi connectivity index (χ1v) is 11.6. The normalized spacial score (nSPS) is 11.2. The third-order valence-corrected chi connectivity index (χ3v) is 6.39. The first-order valence-electron chi connectivity index (χ1n) is 10.1. The van der Waals surface area contributed by atoms with E-state index < -0.39 is 10.0 Å². The van der Waals surface area contributed by atoms with Crippen LogP contribution in [0.1, 0.15) is 27.5 Å². The Bertz CT molecular complexity index is 1240. The summed E-state index contributed by atoms with van der Waals surface area (Å²) in [6.07, 6.45) is 0. The van der Waals surface area contributed by atoms with E-state index >= 15 is 0 Å². The second-order valence-corrected chi connectivity index (χ2v) is 8.91. The van der Waals surface area contributed by atoms with Crippen molar-refractivity contribution >= 4 is 21.6 Å². The maximum absolute atomic E-state index is 13.0. The number of rotatable bonds is 7. The summed E-state index contributed by atoms with van der Waals surface area (Å²) in [5.74, 6) is -0.250. The molecule has 0 heterocycles. The van der Waals surface area contributed by atoms with Crippen LogP contribution in [-0.4, -0.2) is 14.3 Å². The Balaban J connectivity index is 1.52. The molecule has 0 fully saturated rings. The van der Waals surface area contributed by atoms with Crippen molar-refractivity contribution in [2.24, 2.45) is 0 Å². The molecule has 160 valence electrons. The van der Waals surface area contributed by atoms with Gasteiger partial charge in [-0.1, -0.05) is 78.9 Å². The predicted molar refractivity (Wildman–Crippen MR) is 126 cm³/mol. The van der Waals surface area contributed by atoms with Gasteiger partial charge in [0.05, 0.1) is 10.9 Å². The summed E-state index contributed by atoms with van der Waals surface area (Å²) in [6, 6.07) is 33.7. The standard InChI is InChI=1S/C26H22N2O3S/c29-26(27-25(20-10-4-1-5-11-20)21-12-6-2-7-13-21)22-16-18-23(19-17-22)28-32(30,31)24-14-8-3-9-15-24/h1-19,25,28H,(H,27,29). The Morgan fingerprint density at radius 1 is 0.625 bits per heavy atom. The summed E-state index contributed by atoms with van der Waals surface area (Å²) in [7, 11) is -3.69. The van der Waals surface area contributed by atoms with Crippen LogP contribution in [0.4, 0.5) is 5.69 Å². The molecule has 0 aromatic heterocycles. The van der Waals surface area contributed by atoms with Crippen molar-refractivity contribution in [2.45, 2.75) is 10.9 Å². The molecule has 4 aromatic rings. The SMILES string of the molecule is O=C(NC(c1ccccc1)c1ccccc1)c1ccc(NS(=O)(=O)c2ccccc2)cc1. The highest BCUT2D eigenvalue weighted by Gasteiger charge is 2.18. The van der Waals surface area contributed by atoms with Crippen LogP contribution in [0.2, 0.25) is 0 Å². The topological polar surface area (TPSA) is 75.3 Å². The van der Waals surface area contributed by atoms with Crippen LogP contribution < -0.4 is 10.0 Å². The number of sulfonamides is 1. The maximum atomic E-state index is 13.0. The fourth-order valence-electron chi connectivity index (χ4n) is 3.37. The number of hydrogen-bond donors (Lipinski definition) is 2. The van der Waals surface area contributed by atoms with E-state index in [4.69, 9.17) is 0 Å². The second-order valence-electron chi connectivity index (χ2n) is 7.22. The monoisotopic (exact) mass is 442 g/mol. The minimum atomic E-state index is -3.69. The summed E-state index contributed by atoms with van der Waals surface area (Å²) in [5, 5.41) is 3.08. The van der Waals surface area contributed by atoms with Crippen LogP contribution >= 0.6 is 0 Å². The Labute approximate surface area is 187 Å². The van der Waals surface area contributed by atoms with Gasteiger partial charge in [0, 0.05) is 11.3 Å². The lowest BCUT2D eigenvalue weighted by Crippen LogP contribution is -2.29. The van der Waals surface area contributed by atoms with Crippen molar-refractivity contribution in [3.05, 3.63) is 132 Å². The molecule has 0 bridgehead atoms. The fraction of sp³-hybridized carbons (Fsp3) is 0.0385. The van der Waals surface area contributed by atoms with E-state index in [-0.39, 0.29) is 16.8 Å². The van der Waals surface area contributed by atoms with E-state index in [0.29, 0.717) is 11.3 Å². The molecule has 4 aromatic carbocycles. The van der Waals surface area contributed by atoms with Crippen LogP contribution in [0.25, 0.3) is 0 Å². The van der Waals surface area contributed by atoms with Gasteiger partial charge in [-0.2, -0.15) is 0 Å². The summed E-state index contributed by atoms with van der Waals surface area (Å²) in [4.78, 5) is 13.1. The number of carbonyl (C=O) groups excluding carboxylic acids is 1. The number of amides is 1. The molecule has 32 heavy (non-hydrogen) atoms. The van der Waals surface area contributed by atoms with Gasteiger partial charge in [-0.3, -0.25) is 9.52 Å². The van der Waals surface area contributed by atoms with Crippen molar-refractivity contribution in [2.75, 3.05) is 4.72 Å². The van der Waals surface area contributed by atoms with E-state index in [1.165, 1.54) is 12.1 Å². The van der Waals surface area contributed by atoms with Crippen LogP contribution in [0.15, 0.2) is 120 Å². The van der Waals surface area contributed by atoms with E-state index in [9.17, 15) is 13.2 Å². The highest BCUT2D eigenvalue weighted by molar-refractivity contribution is 7.92. The zero-order valence-corrected chi connectivity index (χ0v) is 18.0. The molecule has 0 unspecified atom stereocenters. The molecule has 0 atom stereocenters. The number of carbonyl (C=O) groups is 1. The summed E-state index contributed by atoms with van der Waals surface area (Å²) < 4.78 is 27.5. The maximum Gasteiger partial charge on any atom is 0.261 e. The molecule has 0 aliphatic carbocycles. The van der Waals surface area contributed by atoms with Crippen molar-refractivity contribution in [1.29, 1.82) is 0 Å². The third-order valence-electron chi connectivity index (χ3n) is 4.99. The van der Waals surface area contributed by atoms with Crippen LogP contribution in [0, 0.1) is 0 Å². The zero-order chi connectivity index (χ0) is 22.4. The highest BCUT2D eigenvalue weighted by Crippen LogP contribution is 2.23. The molecule has 2 N–H and O–H groups in total. The van der Waals surface area contributed by atoms with Crippen molar-refractivity contribution in [3.8, 4) is 0 Å². The van der Waals surface area contributed by atoms with Crippen molar-refractivity contribution in [1.82, 2.24) is 5.32 Å². The predicted octanol–water partition coefficient (Wildman–Crippen LogP) is 5.01. The molecular formula is C26H22N2O3S. The molecule has 0 saturated heterocycles. The third kappa shape index (κ3) is 5.04. The van der Waals surface area contributed by atoms with Gasteiger partial charge < -0.3 is 5.32 Å². The lowest BCUT2D eigenvalue weighted by molar-refractivity contribution is 0.0943. The lowest BCUT2D eigenvalue weighted by Gasteiger charge is -2.20. The van der Waals surface area contributed by atoms with Gasteiger partial charge in [-0.05, 0) is 47.5 Å².